The molecule has 1 amide bonds. The van der Waals surface area contributed by atoms with Crippen LogP contribution in [-0.2, 0) is 4.74 Å². The van der Waals surface area contributed by atoms with Gasteiger partial charge >= 0.3 is 12.1 Å². The maximum Gasteiger partial charge on any atom is 0.407 e. The van der Waals surface area contributed by atoms with Crippen LogP contribution in [0.3, 0.4) is 0 Å². The Labute approximate surface area is 114 Å². The number of rotatable bonds is 4. The number of nitrogens with one attached hydrogen (secondary N) is 1. The molecule has 104 valence electrons. The highest BCUT2D eigenvalue weighted by Crippen LogP contribution is 2.24. The van der Waals surface area contributed by atoms with E-state index in [0.29, 0.717) is 18.3 Å². The summed E-state index contributed by atoms with van der Waals surface area (Å²) in [5.74, 6) is -1.03. The fraction of sp³-hybridized carbons (Fsp3) is 0.545. The Kier molecular flexibility index (Phi) is 4.20. The Morgan fingerprint density at radius 1 is 1.68 bits per heavy atom. The molecule has 19 heavy (non-hydrogen) atoms. The van der Waals surface area contributed by atoms with Crippen LogP contribution in [0.15, 0.2) is 5.38 Å². The number of alkyl carbamates (subject to hydrolysis) is 1. The van der Waals surface area contributed by atoms with Gasteiger partial charge in [0.2, 0.25) is 0 Å². The van der Waals surface area contributed by atoms with Gasteiger partial charge in [-0.25, -0.2) is 14.6 Å². The summed E-state index contributed by atoms with van der Waals surface area (Å²) in [4.78, 5) is 28.1. The lowest BCUT2D eigenvalue weighted by atomic mass is 10.3. The lowest BCUT2D eigenvalue weighted by Gasteiger charge is -2.15. The molecule has 1 saturated heterocycles. The molecular weight excluding hydrogens is 270 g/mol. The third-order valence-corrected chi connectivity index (χ3v) is 3.67. The molecule has 0 radical (unpaired) electrons. The van der Waals surface area contributed by atoms with Gasteiger partial charge in [0.05, 0.1) is 12.6 Å². The fourth-order valence-electron chi connectivity index (χ4n) is 1.90. The van der Waals surface area contributed by atoms with Crippen molar-refractivity contribution < 1.29 is 19.4 Å². The van der Waals surface area contributed by atoms with Crippen molar-refractivity contribution in [2.24, 2.45) is 0 Å². The zero-order valence-corrected chi connectivity index (χ0v) is 11.3. The lowest BCUT2D eigenvalue weighted by molar-refractivity contribution is 0.0691. The first-order chi connectivity index (χ1) is 9.10. The number of nitrogens with zero attached hydrogens (tertiary/aromatic N) is 2. The molecule has 2 heterocycles. The van der Waals surface area contributed by atoms with E-state index < -0.39 is 12.1 Å². The number of anilines is 1. The van der Waals surface area contributed by atoms with E-state index in [1.54, 1.807) is 6.92 Å². The highest BCUT2D eigenvalue weighted by Gasteiger charge is 2.26. The number of carboxylic acid groups (broad SMARTS) is 1. The molecule has 1 aromatic rings. The van der Waals surface area contributed by atoms with Gasteiger partial charge in [-0.05, 0) is 13.3 Å². The molecule has 1 aliphatic heterocycles. The molecule has 0 aromatic carbocycles. The third-order valence-electron chi connectivity index (χ3n) is 2.77. The van der Waals surface area contributed by atoms with E-state index >= 15 is 0 Å². The van der Waals surface area contributed by atoms with Gasteiger partial charge in [0, 0.05) is 18.5 Å². The first-order valence-electron chi connectivity index (χ1n) is 5.97. The molecule has 8 heteroatoms. The minimum Gasteiger partial charge on any atom is -0.476 e. The lowest BCUT2D eigenvalue weighted by Crippen LogP contribution is -2.37. The molecule has 1 fully saturated rings. The van der Waals surface area contributed by atoms with Gasteiger partial charge in [-0.3, -0.25) is 0 Å². The van der Waals surface area contributed by atoms with Crippen LogP contribution in [0.5, 0.6) is 0 Å². The quantitative estimate of drug-likeness (QED) is 0.862. The van der Waals surface area contributed by atoms with Crippen LogP contribution < -0.4 is 10.2 Å². The highest BCUT2D eigenvalue weighted by atomic mass is 32.1. The average Bonchev–Trinajstić information content (AvgIpc) is 2.96. The van der Waals surface area contributed by atoms with Gasteiger partial charge in [-0.1, -0.05) is 0 Å². The molecule has 0 unspecified atom stereocenters. The summed E-state index contributed by atoms with van der Waals surface area (Å²) in [5.41, 5.74) is 0.0572. The Hall–Kier alpha value is -1.83. The van der Waals surface area contributed by atoms with Crippen LogP contribution in [0.25, 0.3) is 0 Å². The van der Waals surface area contributed by atoms with Gasteiger partial charge in [0.25, 0.3) is 0 Å². The molecule has 1 aromatic heterocycles. The zero-order valence-electron chi connectivity index (χ0n) is 10.5. The van der Waals surface area contributed by atoms with Crippen molar-refractivity contribution in [3.8, 4) is 0 Å². The molecule has 7 nitrogen and oxygen atoms in total. The van der Waals surface area contributed by atoms with Gasteiger partial charge in [-0.15, -0.1) is 11.3 Å². The average molecular weight is 285 g/mol. The van der Waals surface area contributed by atoms with Crippen molar-refractivity contribution in [1.82, 2.24) is 10.3 Å². The molecule has 0 bridgehead atoms. The number of carboxylic acids is 1. The van der Waals surface area contributed by atoms with E-state index in [-0.39, 0.29) is 11.7 Å². The topological polar surface area (TPSA) is 91.8 Å². The van der Waals surface area contributed by atoms with Crippen molar-refractivity contribution in [3.63, 3.8) is 0 Å². The highest BCUT2D eigenvalue weighted by molar-refractivity contribution is 7.13. The zero-order chi connectivity index (χ0) is 13.8. The number of aromatic carboxylic acids is 1. The fourth-order valence-corrected chi connectivity index (χ4v) is 2.74. The Morgan fingerprint density at radius 3 is 3.11 bits per heavy atom. The second-order valence-electron chi connectivity index (χ2n) is 4.12. The smallest absolute Gasteiger partial charge is 0.407 e. The molecule has 0 spiro atoms. The van der Waals surface area contributed by atoms with Crippen LogP contribution >= 0.6 is 11.3 Å². The third kappa shape index (κ3) is 3.34. The molecule has 1 atom stereocenters. The number of hydrogen-bond donors (Lipinski definition) is 2. The number of hydrogen-bond acceptors (Lipinski definition) is 6. The Morgan fingerprint density at radius 2 is 2.47 bits per heavy atom. The Balaban J connectivity index is 1.90. The minimum atomic E-state index is -1.03. The van der Waals surface area contributed by atoms with Gasteiger partial charge in [0.1, 0.15) is 0 Å². The van der Waals surface area contributed by atoms with Crippen LogP contribution in [0, 0.1) is 0 Å². The van der Waals surface area contributed by atoms with Crippen molar-refractivity contribution in [2.75, 3.05) is 24.6 Å². The summed E-state index contributed by atoms with van der Waals surface area (Å²) in [6.07, 6.45) is 0.376. The van der Waals surface area contributed by atoms with Crippen LogP contribution in [0.4, 0.5) is 9.93 Å². The maximum atomic E-state index is 11.3. The molecule has 0 aliphatic carbocycles. The largest absolute Gasteiger partial charge is 0.476 e. The summed E-state index contributed by atoms with van der Waals surface area (Å²) in [7, 11) is 0. The number of aromatic nitrogens is 1. The number of amides is 1. The summed E-state index contributed by atoms with van der Waals surface area (Å²) < 4.78 is 4.82. The van der Waals surface area contributed by atoms with Crippen molar-refractivity contribution in [3.05, 3.63) is 11.1 Å². The normalized spacial score (nSPS) is 18.4. The maximum absolute atomic E-state index is 11.3. The van der Waals surface area contributed by atoms with Gasteiger partial charge in [0.15, 0.2) is 10.8 Å². The van der Waals surface area contributed by atoms with E-state index in [1.165, 1.54) is 16.7 Å². The SMILES string of the molecule is CCOC(=O)N[C@H]1CCN(c2nc(C(=O)O)cs2)C1. The standard InChI is InChI=1S/C11H15N3O4S/c1-2-18-11(17)12-7-3-4-14(5-7)10-13-8(6-19-10)9(15)16/h6-7H,2-5H2,1H3,(H,12,17)(H,15,16)/t7-/m0/s1. The van der Waals surface area contributed by atoms with E-state index in [1.807, 2.05) is 4.90 Å². The van der Waals surface area contributed by atoms with Crippen LogP contribution in [0.2, 0.25) is 0 Å². The first kappa shape index (κ1) is 13.6. The summed E-state index contributed by atoms with van der Waals surface area (Å²) in [6.45, 7) is 3.45. The van der Waals surface area contributed by atoms with Crippen molar-refractivity contribution in [2.45, 2.75) is 19.4 Å². The first-order valence-corrected chi connectivity index (χ1v) is 6.85. The molecule has 2 rings (SSSR count). The summed E-state index contributed by atoms with van der Waals surface area (Å²) in [5, 5.41) is 13.8. The summed E-state index contributed by atoms with van der Waals surface area (Å²) in [6, 6.07) is 0.0104. The van der Waals surface area contributed by atoms with Gasteiger partial charge in [-0.2, -0.15) is 0 Å². The van der Waals surface area contributed by atoms with E-state index in [0.717, 1.165) is 13.0 Å². The number of thiazole rings is 1. The van der Waals surface area contributed by atoms with Crippen molar-refractivity contribution >= 4 is 28.5 Å². The van der Waals surface area contributed by atoms with E-state index in [9.17, 15) is 9.59 Å². The summed E-state index contributed by atoms with van der Waals surface area (Å²) >= 11 is 1.30. The number of carbonyl (C=O) groups is 2. The number of carbonyl (C=O) groups excluding carboxylic acids is 1. The predicted molar refractivity (Wildman–Crippen MR) is 69.8 cm³/mol. The minimum absolute atomic E-state index is 0.0104. The van der Waals surface area contributed by atoms with Crippen LogP contribution in [-0.4, -0.2) is 47.9 Å². The van der Waals surface area contributed by atoms with Crippen molar-refractivity contribution in [1.29, 1.82) is 0 Å². The van der Waals surface area contributed by atoms with E-state index in [4.69, 9.17) is 9.84 Å². The Bertz CT molecular complexity index is 476. The molecule has 2 N–H and O–H groups in total. The monoisotopic (exact) mass is 285 g/mol. The predicted octanol–water partition coefficient (Wildman–Crippen LogP) is 1.17. The second kappa shape index (κ2) is 5.87. The molecule has 0 saturated carbocycles. The van der Waals surface area contributed by atoms with Gasteiger partial charge < -0.3 is 20.1 Å². The second-order valence-corrected chi connectivity index (χ2v) is 4.95. The van der Waals surface area contributed by atoms with Crippen LogP contribution in [0.1, 0.15) is 23.8 Å². The van der Waals surface area contributed by atoms with E-state index in [2.05, 4.69) is 10.3 Å². The molecular formula is C11H15N3O4S. The molecule has 1 aliphatic rings. The number of ether oxygens (including phenoxy) is 1.